The van der Waals surface area contributed by atoms with Crippen molar-refractivity contribution in [3.63, 3.8) is 0 Å². The maximum absolute atomic E-state index is 11.8. The molecule has 0 saturated heterocycles. The minimum Gasteiger partial charge on any atom is -0.454 e. The second kappa shape index (κ2) is 5.16. The van der Waals surface area contributed by atoms with Crippen molar-refractivity contribution in [3.8, 4) is 5.75 Å². The summed E-state index contributed by atoms with van der Waals surface area (Å²) in [5, 5.41) is 0.374. The van der Waals surface area contributed by atoms with Crippen LogP contribution in [0.4, 0.5) is 0 Å². The lowest BCUT2D eigenvalue weighted by molar-refractivity contribution is 0.0699. The monoisotopic (exact) mass is 328 g/mol. The Hall–Kier alpha value is -1.26. The number of rotatable bonds is 2. The van der Waals surface area contributed by atoms with Gasteiger partial charge in [0.05, 0.1) is 5.02 Å². The van der Waals surface area contributed by atoms with Gasteiger partial charge >= 0.3 is 5.97 Å². The number of aryl methyl sites for hydroxylation is 2. The molecule has 0 atom stereocenters. The highest BCUT2D eigenvalue weighted by atomic mass is 79.9. The minimum absolute atomic E-state index is 0.158. The largest absolute Gasteiger partial charge is 0.454 e. The highest BCUT2D eigenvalue weighted by Crippen LogP contribution is 2.32. The molecule has 0 aliphatic heterocycles. The van der Waals surface area contributed by atoms with E-state index in [0.29, 0.717) is 16.5 Å². The van der Waals surface area contributed by atoms with Crippen molar-refractivity contribution in [3.05, 3.63) is 50.8 Å². The summed E-state index contributed by atoms with van der Waals surface area (Å²) in [5.41, 5.74) is 0.769. The smallest absolute Gasteiger partial charge is 0.379 e. The minimum atomic E-state index is -0.560. The molecule has 2 rings (SSSR count). The van der Waals surface area contributed by atoms with E-state index in [0.717, 1.165) is 10.0 Å². The van der Waals surface area contributed by atoms with Gasteiger partial charge in [-0.25, -0.2) is 4.79 Å². The van der Waals surface area contributed by atoms with Crippen LogP contribution < -0.4 is 4.74 Å². The van der Waals surface area contributed by atoms with Gasteiger partial charge in [-0.2, -0.15) is 0 Å². The number of benzene rings is 1. The molecule has 0 saturated carbocycles. The molecule has 18 heavy (non-hydrogen) atoms. The first-order chi connectivity index (χ1) is 8.47. The zero-order valence-electron chi connectivity index (χ0n) is 9.79. The van der Waals surface area contributed by atoms with Crippen molar-refractivity contribution >= 4 is 33.5 Å². The van der Waals surface area contributed by atoms with E-state index in [1.165, 1.54) is 0 Å². The van der Waals surface area contributed by atoms with Gasteiger partial charge in [0.15, 0.2) is 5.75 Å². The molecule has 0 amide bonds. The Morgan fingerprint density at radius 1 is 1.33 bits per heavy atom. The van der Waals surface area contributed by atoms with Gasteiger partial charge < -0.3 is 9.15 Å². The molecule has 0 fully saturated rings. The van der Waals surface area contributed by atoms with E-state index in [1.54, 1.807) is 25.1 Å². The number of esters is 1. The molecule has 3 nitrogen and oxygen atoms in total. The molecule has 0 spiro atoms. The first-order valence-corrected chi connectivity index (χ1v) is 6.38. The maximum Gasteiger partial charge on any atom is 0.379 e. The van der Waals surface area contributed by atoms with Crippen LogP contribution in [-0.2, 0) is 0 Å². The number of ether oxygens (including phenoxy) is 1. The first-order valence-electron chi connectivity index (χ1n) is 5.21. The van der Waals surface area contributed by atoms with Crippen molar-refractivity contribution < 1.29 is 13.9 Å². The number of hydrogen-bond donors (Lipinski definition) is 0. The molecule has 0 bridgehead atoms. The van der Waals surface area contributed by atoms with Crippen LogP contribution in [0.5, 0.6) is 5.75 Å². The van der Waals surface area contributed by atoms with Crippen molar-refractivity contribution in [1.29, 1.82) is 0 Å². The fraction of sp³-hybridized carbons (Fsp3) is 0.154. The molecule has 2 aromatic rings. The SMILES string of the molecule is Cc1ccc(C(=O)Oc2c(C)cc(Br)cc2Cl)o1. The van der Waals surface area contributed by atoms with Crippen molar-refractivity contribution in [1.82, 2.24) is 0 Å². The number of carbonyl (C=O) groups is 1. The number of hydrogen-bond acceptors (Lipinski definition) is 3. The summed E-state index contributed by atoms with van der Waals surface area (Å²) in [5.74, 6) is 0.598. The van der Waals surface area contributed by atoms with Gasteiger partial charge in [-0.3, -0.25) is 0 Å². The Morgan fingerprint density at radius 2 is 2.06 bits per heavy atom. The molecule has 1 aromatic heterocycles. The summed E-state index contributed by atoms with van der Waals surface area (Å²) in [4.78, 5) is 11.8. The van der Waals surface area contributed by atoms with Gasteiger partial charge in [0.2, 0.25) is 5.76 Å². The van der Waals surface area contributed by atoms with Gasteiger partial charge in [-0.1, -0.05) is 27.5 Å². The van der Waals surface area contributed by atoms with E-state index in [1.807, 2.05) is 13.0 Å². The van der Waals surface area contributed by atoms with Crippen LogP contribution in [0.2, 0.25) is 5.02 Å². The third-order valence-electron chi connectivity index (χ3n) is 2.33. The molecular formula is C13H10BrClO3. The fourth-order valence-electron chi connectivity index (χ4n) is 1.51. The summed E-state index contributed by atoms with van der Waals surface area (Å²) in [6.07, 6.45) is 0. The molecule has 1 aromatic carbocycles. The average molecular weight is 330 g/mol. The van der Waals surface area contributed by atoms with Crippen LogP contribution in [-0.4, -0.2) is 5.97 Å². The van der Waals surface area contributed by atoms with E-state index in [4.69, 9.17) is 20.8 Å². The van der Waals surface area contributed by atoms with E-state index >= 15 is 0 Å². The molecule has 94 valence electrons. The predicted molar refractivity (Wildman–Crippen MR) is 72.3 cm³/mol. The molecule has 0 aliphatic carbocycles. The third-order valence-corrected chi connectivity index (χ3v) is 3.07. The van der Waals surface area contributed by atoms with Crippen LogP contribution in [0.3, 0.4) is 0 Å². The van der Waals surface area contributed by atoms with Crippen molar-refractivity contribution in [2.45, 2.75) is 13.8 Å². The second-order valence-corrected chi connectivity index (χ2v) is 5.16. The standard InChI is InChI=1S/C13H10BrClO3/c1-7-5-9(14)6-10(15)12(7)18-13(16)11-4-3-8(2)17-11/h3-6H,1-2H3. The molecule has 1 heterocycles. The van der Waals surface area contributed by atoms with Gasteiger partial charge in [0, 0.05) is 4.47 Å². The van der Waals surface area contributed by atoms with E-state index in [-0.39, 0.29) is 5.76 Å². The summed E-state index contributed by atoms with van der Waals surface area (Å²) in [6.45, 7) is 3.57. The summed E-state index contributed by atoms with van der Waals surface area (Å²) in [6, 6.07) is 6.76. The number of furan rings is 1. The normalized spacial score (nSPS) is 10.4. The Kier molecular flexibility index (Phi) is 3.78. The molecule has 5 heteroatoms. The Bertz CT molecular complexity index is 581. The zero-order valence-corrected chi connectivity index (χ0v) is 12.1. The summed E-state index contributed by atoms with van der Waals surface area (Å²) >= 11 is 9.35. The van der Waals surface area contributed by atoms with E-state index < -0.39 is 5.97 Å². The Labute approximate surface area is 118 Å². The summed E-state index contributed by atoms with van der Waals surface area (Å²) < 4.78 is 11.3. The lowest BCUT2D eigenvalue weighted by Gasteiger charge is -2.08. The molecule has 0 aliphatic rings. The Morgan fingerprint density at radius 3 is 2.61 bits per heavy atom. The van der Waals surface area contributed by atoms with Crippen LogP contribution in [0.1, 0.15) is 21.9 Å². The van der Waals surface area contributed by atoms with Crippen LogP contribution in [0, 0.1) is 13.8 Å². The van der Waals surface area contributed by atoms with Crippen LogP contribution in [0.15, 0.2) is 33.2 Å². The van der Waals surface area contributed by atoms with Crippen LogP contribution in [0.25, 0.3) is 0 Å². The highest BCUT2D eigenvalue weighted by molar-refractivity contribution is 9.10. The number of carbonyl (C=O) groups excluding carboxylic acids is 1. The summed E-state index contributed by atoms with van der Waals surface area (Å²) in [7, 11) is 0. The first kappa shape index (κ1) is 13.2. The van der Waals surface area contributed by atoms with E-state index in [9.17, 15) is 4.79 Å². The molecule has 0 unspecified atom stereocenters. The maximum atomic E-state index is 11.8. The molecular weight excluding hydrogens is 319 g/mol. The fourth-order valence-corrected chi connectivity index (χ4v) is 2.51. The second-order valence-electron chi connectivity index (χ2n) is 3.83. The predicted octanol–water partition coefficient (Wildman–Crippen LogP) is 4.53. The Balaban J connectivity index is 2.27. The third kappa shape index (κ3) is 2.76. The van der Waals surface area contributed by atoms with Gasteiger partial charge in [0.1, 0.15) is 5.76 Å². The van der Waals surface area contributed by atoms with Gasteiger partial charge in [-0.15, -0.1) is 0 Å². The molecule has 0 N–H and O–H groups in total. The van der Waals surface area contributed by atoms with Crippen molar-refractivity contribution in [2.75, 3.05) is 0 Å². The molecule has 0 radical (unpaired) electrons. The lowest BCUT2D eigenvalue weighted by atomic mass is 10.2. The average Bonchev–Trinajstić information content (AvgIpc) is 2.70. The quantitative estimate of drug-likeness (QED) is 0.600. The lowest BCUT2D eigenvalue weighted by Crippen LogP contribution is -2.08. The van der Waals surface area contributed by atoms with Crippen molar-refractivity contribution in [2.24, 2.45) is 0 Å². The van der Waals surface area contributed by atoms with Crippen LogP contribution >= 0.6 is 27.5 Å². The van der Waals surface area contributed by atoms with E-state index in [2.05, 4.69) is 15.9 Å². The van der Waals surface area contributed by atoms with Gasteiger partial charge in [0.25, 0.3) is 0 Å². The topological polar surface area (TPSA) is 39.4 Å². The number of halogens is 2. The van der Waals surface area contributed by atoms with Gasteiger partial charge in [-0.05, 0) is 43.7 Å². The zero-order chi connectivity index (χ0) is 13.3. The highest BCUT2D eigenvalue weighted by Gasteiger charge is 2.16.